The molecule has 0 N–H and O–H groups in total. The Balaban J connectivity index is 2.60. The van der Waals surface area contributed by atoms with Gasteiger partial charge in [-0.05, 0) is 23.7 Å². The highest BCUT2D eigenvalue weighted by Crippen LogP contribution is 2.40. The molecule has 0 unspecified atom stereocenters. The molecule has 0 aliphatic heterocycles. The van der Waals surface area contributed by atoms with Crippen molar-refractivity contribution >= 4 is 33.3 Å². The van der Waals surface area contributed by atoms with E-state index in [9.17, 15) is 21.6 Å². The lowest BCUT2D eigenvalue weighted by Crippen LogP contribution is -2.12. The number of aromatic nitrogens is 1. The van der Waals surface area contributed by atoms with Crippen LogP contribution in [0.4, 0.5) is 13.2 Å². The van der Waals surface area contributed by atoms with Crippen molar-refractivity contribution in [2.75, 3.05) is 7.11 Å². The van der Waals surface area contributed by atoms with Gasteiger partial charge in [0, 0.05) is 16.1 Å². The molecule has 1 aromatic heterocycles. The molecule has 2 aromatic rings. The molecule has 0 saturated carbocycles. The average Bonchev–Trinajstić information content (AvgIpc) is 2.82. The Hall–Kier alpha value is -1.16. The third-order valence-electron chi connectivity index (χ3n) is 2.74. The van der Waals surface area contributed by atoms with E-state index in [0.717, 1.165) is 7.11 Å². The Bertz CT molecular complexity index is 770. The van der Waals surface area contributed by atoms with Crippen LogP contribution in [0.2, 0.25) is 5.02 Å². The van der Waals surface area contributed by atoms with Crippen molar-refractivity contribution in [1.82, 2.24) is 4.37 Å². The number of halogens is 4. The summed E-state index contributed by atoms with van der Waals surface area (Å²) in [6.07, 6.45) is -4.69. The van der Waals surface area contributed by atoms with Gasteiger partial charge in [-0.15, -0.1) is 0 Å². The maximum absolute atomic E-state index is 13.0. The van der Waals surface area contributed by atoms with Gasteiger partial charge in [0.15, 0.2) is 0 Å². The molecule has 0 radical (unpaired) electrons. The van der Waals surface area contributed by atoms with Crippen molar-refractivity contribution in [3.63, 3.8) is 0 Å². The molecule has 0 bridgehead atoms. The highest BCUT2D eigenvalue weighted by atomic mass is 35.5. The summed E-state index contributed by atoms with van der Waals surface area (Å²) in [6.45, 7) is 0. The first-order valence-electron chi connectivity index (χ1n) is 5.74. The number of alkyl halides is 3. The lowest BCUT2D eigenvalue weighted by atomic mass is 10.1. The molecule has 120 valence electrons. The molecule has 0 fully saturated rings. The minimum atomic E-state index is -4.69. The van der Waals surface area contributed by atoms with Crippen LogP contribution in [0.1, 0.15) is 10.4 Å². The predicted octanol–water partition coefficient (Wildman–Crippen LogP) is 3.96. The first kappa shape index (κ1) is 17.2. The standard InChI is InChI=1S/C12H9ClF3NO3S2/c1-20-22(18,19)6-9-10(7-2-4-8(13)5-3-7)17-21-11(9)12(14,15)16/h2-5H,6H2,1H3. The van der Waals surface area contributed by atoms with Crippen molar-refractivity contribution in [2.24, 2.45) is 0 Å². The predicted molar refractivity (Wildman–Crippen MR) is 77.2 cm³/mol. The SMILES string of the molecule is COS(=O)(=O)Cc1c(-c2ccc(Cl)cc2)nsc1C(F)(F)F. The first-order chi connectivity index (χ1) is 10.1. The fourth-order valence-corrected chi connectivity index (χ4v) is 3.49. The molecule has 0 aliphatic rings. The van der Waals surface area contributed by atoms with Crippen LogP contribution >= 0.6 is 23.1 Å². The Morgan fingerprint density at radius 3 is 2.36 bits per heavy atom. The van der Waals surface area contributed by atoms with Gasteiger partial charge in [-0.3, -0.25) is 4.18 Å². The zero-order valence-corrected chi connectivity index (χ0v) is 13.4. The zero-order valence-electron chi connectivity index (χ0n) is 11.0. The summed E-state index contributed by atoms with van der Waals surface area (Å²) < 4.78 is 70.2. The fraction of sp³-hybridized carbons (Fsp3) is 0.250. The lowest BCUT2D eigenvalue weighted by molar-refractivity contribution is -0.134. The van der Waals surface area contributed by atoms with Crippen LogP contribution in [-0.2, 0) is 26.2 Å². The molecule has 1 heterocycles. The second kappa shape index (κ2) is 6.15. The van der Waals surface area contributed by atoms with Crippen LogP contribution in [-0.4, -0.2) is 19.9 Å². The quantitative estimate of drug-likeness (QED) is 0.763. The topological polar surface area (TPSA) is 56.3 Å². The molecule has 0 amide bonds. The van der Waals surface area contributed by atoms with Gasteiger partial charge in [0.2, 0.25) is 0 Å². The Labute approximate surface area is 133 Å². The lowest BCUT2D eigenvalue weighted by Gasteiger charge is -2.09. The van der Waals surface area contributed by atoms with Gasteiger partial charge >= 0.3 is 6.18 Å². The Morgan fingerprint density at radius 2 is 1.86 bits per heavy atom. The Kier molecular flexibility index (Phi) is 4.81. The highest BCUT2D eigenvalue weighted by molar-refractivity contribution is 7.85. The van der Waals surface area contributed by atoms with E-state index in [1.807, 2.05) is 0 Å². The third kappa shape index (κ3) is 3.78. The monoisotopic (exact) mass is 371 g/mol. The summed E-state index contributed by atoms with van der Waals surface area (Å²) in [5.41, 5.74) is -0.131. The molecule has 0 spiro atoms. The summed E-state index contributed by atoms with van der Waals surface area (Å²) in [7, 11) is -3.23. The molecule has 0 saturated heterocycles. The molecule has 0 atom stereocenters. The number of hydrogen-bond acceptors (Lipinski definition) is 5. The summed E-state index contributed by atoms with van der Waals surface area (Å²) in [5.74, 6) is -0.910. The van der Waals surface area contributed by atoms with E-state index in [-0.39, 0.29) is 17.2 Å². The summed E-state index contributed by atoms with van der Waals surface area (Å²) in [5, 5.41) is 0.404. The van der Waals surface area contributed by atoms with E-state index < -0.39 is 32.5 Å². The minimum absolute atomic E-state index is 0.0467. The fourth-order valence-electron chi connectivity index (χ4n) is 1.74. The van der Waals surface area contributed by atoms with E-state index >= 15 is 0 Å². The molecule has 2 rings (SSSR count). The Morgan fingerprint density at radius 1 is 1.27 bits per heavy atom. The number of rotatable bonds is 4. The van der Waals surface area contributed by atoms with E-state index in [0.29, 0.717) is 10.6 Å². The van der Waals surface area contributed by atoms with Crippen molar-refractivity contribution in [3.05, 3.63) is 39.7 Å². The van der Waals surface area contributed by atoms with Gasteiger partial charge < -0.3 is 0 Å². The zero-order chi connectivity index (χ0) is 16.5. The normalized spacial score (nSPS) is 12.6. The van der Waals surface area contributed by atoms with E-state index in [2.05, 4.69) is 8.56 Å². The van der Waals surface area contributed by atoms with Gasteiger partial charge in [-0.1, -0.05) is 23.7 Å². The highest BCUT2D eigenvalue weighted by Gasteiger charge is 2.39. The van der Waals surface area contributed by atoms with Crippen molar-refractivity contribution in [3.8, 4) is 11.3 Å². The summed E-state index contributed by atoms with van der Waals surface area (Å²) in [4.78, 5) is -1.06. The van der Waals surface area contributed by atoms with Crippen molar-refractivity contribution < 1.29 is 25.8 Å². The van der Waals surface area contributed by atoms with Gasteiger partial charge in [0.1, 0.15) is 10.6 Å². The molecular formula is C12H9ClF3NO3S2. The van der Waals surface area contributed by atoms with Gasteiger partial charge in [-0.25, -0.2) is 0 Å². The maximum Gasteiger partial charge on any atom is 0.427 e. The second-order valence-electron chi connectivity index (χ2n) is 4.21. The summed E-state index contributed by atoms with van der Waals surface area (Å²) >= 11 is 5.94. The van der Waals surface area contributed by atoms with E-state index in [1.54, 1.807) is 0 Å². The molecule has 1 aromatic carbocycles. The van der Waals surface area contributed by atoms with Gasteiger partial charge in [0.25, 0.3) is 10.1 Å². The minimum Gasteiger partial charge on any atom is -0.273 e. The molecule has 10 heteroatoms. The maximum atomic E-state index is 13.0. The number of benzene rings is 1. The average molecular weight is 372 g/mol. The van der Waals surface area contributed by atoms with E-state index in [1.165, 1.54) is 24.3 Å². The molecule has 22 heavy (non-hydrogen) atoms. The summed E-state index contributed by atoms with van der Waals surface area (Å²) in [6, 6.07) is 5.91. The van der Waals surface area contributed by atoms with Gasteiger partial charge in [-0.2, -0.15) is 26.0 Å². The molecule has 0 aliphatic carbocycles. The van der Waals surface area contributed by atoms with Crippen LogP contribution in [0.25, 0.3) is 11.3 Å². The van der Waals surface area contributed by atoms with Crippen LogP contribution in [0.3, 0.4) is 0 Å². The van der Waals surface area contributed by atoms with Crippen LogP contribution in [0.15, 0.2) is 24.3 Å². The number of hydrogen-bond donors (Lipinski definition) is 0. The third-order valence-corrected chi connectivity index (χ3v) is 5.07. The second-order valence-corrected chi connectivity index (χ2v) is 7.16. The molecule has 4 nitrogen and oxygen atoms in total. The number of nitrogens with zero attached hydrogens (tertiary/aromatic N) is 1. The van der Waals surface area contributed by atoms with Gasteiger partial charge in [0.05, 0.1) is 12.8 Å². The largest absolute Gasteiger partial charge is 0.427 e. The first-order valence-corrected chi connectivity index (χ1v) is 8.47. The van der Waals surface area contributed by atoms with Crippen molar-refractivity contribution in [2.45, 2.75) is 11.9 Å². The van der Waals surface area contributed by atoms with Crippen LogP contribution in [0.5, 0.6) is 0 Å². The van der Waals surface area contributed by atoms with Crippen molar-refractivity contribution in [1.29, 1.82) is 0 Å². The molecular weight excluding hydrogens is 363 g/mol. The van der Waals surface area contributed by atoms with Crippen LogP contribution < -0.4 is 0 Å². The van der Waals surface area contributed by atoms with E-state index in [4.69, 9.17) is 11.6 Å². The van der Waals surface area contributed by atoms with Crippen LogP contribution in [0, 0.1) is 0 Å². The smallest absolute Gasteiger partial charge is 0.273 e.